The van der Waals surface area contributed by atoms with Gasteiger partial charge < -0.3 is 10.2 Å². The molecule has 0 spiro atoms. The van der Waals surface area contributed by atoms with E-state index in [4.69, 9.17) is 10.2 Å². The Kier molecular flexibility index (Phi) is 6.82. The summed E-state index contributed by atoms with van der Waals surface area (Å²) >= 11 is 0. The summed E-state index contributed by atoms with van der Waals surface area (Å²) in [7, 11) is 0. The predicted octanol–water partition coefficient (Wildman–Crippen LogP) is -0.929. The smallest absolute Gasteiger partial charge is 0.332 e. The first-order chi connectivity index (χ1) is 2.64. The molecule has 0 amide bonds. The zero-order valence-corrected chi connectivity index (χ0v) is 6.38. The largest absolute Gasteiger partial charge is 0.479 e. The Hall–Kier alpha value is 0.430. The van der Waals surface area contributed by atoms with Gasteiger partial charge in [0.15, 0.2) is 0 Å². The van der Waals surface area contributed by atoms with Gasteiger partial charge in [-0.25, -0.2) is 4.79 Å². The zero-order valence-electron chi connectivity index (χ0n) is 4.38. The summed E-state index contributed by atoms with van der Waals surface area (Å²) in [5.41, 5.74) is 0. The Morgan fingerprint density at radius 3 is 1.86 bits per heavy atom. The van der Waals surface area contributed by atoms with Gasteiger partial charge in [-0.1, -0.05) is 0 Å². The Balaban J connectivity index is 0. The van der Waals surface area contributed by atoms with Crippen molar-refractivity contribution < 1.29 is 15.0 Å². The molecule has 0 aliphatic heterocycles. The van der Waals surface area contributed by atoms with Gasteiger partial charge >= 0.3 is 5.97 Å². The van der Waals surface area contributed by atoms with Gasteiger partial charge in [0.05, 0.1) is 0 Å². The van der Waals surface area contributed by atoms with Crippen LogP contribution in [0.5, 0.6) is 0 Å². The van der Waals surface area contributed by atoms with Crippen molar-refractivity contribution in [3.05, 3.63) is 0 Å². The number of hydrogen-bond donors (Lipinski definition) is 2. The first-order valence-corrected chi connectivity index (χ1v) is 1.55. The van der Waals surface area contributed by atoms with Crippen LogP contribution in [0.25, 0.3) is 0 Å². The molecule has 0 aromatic carbocycles. The second-order valence-corrected chi connectivity index (χ2v) is 1.01. The predicted molar refractivity (Wildman–Crippen MR) is 25.1 cm³/mol. The number of carboxylic acids is 1. The van der Waals surface area contributed by atoms with Crippen molar-refractivity contribution in [2.45, 2.75) is 13.0 Å². The topological polar surface area (TPSA) is 57.5 Å². The Morgan fingerprint density at radius 2 is 1.86 bits per heavy atom. The van der Waals surface area contributed by atoms with E-state index < -0.39 is 12.1 Å². The number of carboxylic acid groups (broad SMARTS) is 1. The maximum Gasteiger partial charge on any atom is 0.332 e. The van der Waals surface area contributed by atoms with Crippen molar-refractivity contribution in [1.29, 1.82) is 0 Å². The van der Waals surface area contributed by atoms with E-state index in [1.165, 1.54) is 6.92 Å². The van der Waals surface area contributed by atoms with Gasteiger partial charge in [0.2, 0.25) is 0 Å². The van der Waals surface area contributed by atoms with Crippen LogP contribution in [0.15, 0.2) is 0 Å². The minimum atomic E-state index is -1.23. The standard InChI is InChI=1S/C3H6O3.Na/c1-2(4)3(5)6;/h2,4H,1H3,(H,5,6);/t2-;/m0./s1/i1+1,2+1,3+1;. The van der Waals surface area contributed by atoms with Gasteiger partial charge in [-0.3, -0.25) is 0 Å². The molecule has 37 valence electrons. The first kappa shape index (κ1) is 10.4. The molecule has 0 rings (SSSR count). The van der Waals surface area contributed by atoms with Gasteiger partial charge in [0, 0.05) is 29.6 Å². The molecule has 7 heavy (non-hydrogen) atoms. The summed E-state index contributed by atoms with van der Waals surface area (Å²) in [6.07, 6.45) is -1.23. The third kappa shape index (κ3) is 6.43. The van der Waals surface area contributed by atoms with E-state index in [1.54, 1.807) is 0 Å². The van der Waals surface area contributed by atoms with E-state index in [-0.39, 0.29) is 29.6 Å². The van der Waals surface area contributed by atoms with Crippen molar-refractivity contribution in [2.24, 2.45) is 0 Å². The molecular formula is C3H6NaO3. The third-order valence-electron chi connectivity index (χ3n) is 0.357. The fraction of sp³-hybridized carbons (Fsp3) is 0.667. The van der Waals surface area contributed by atoms with Crippen LogP contribution in [0.2, 0.25) is 0 Å². The van der Waals surface area contributed by atoms with Gasteiger partial charge in [-0.05, 0) is 6.92 Å². The van der Waals surface area contributed by atoms with E-state index in [0.717, 1.165) is 0 Å². The van der Waals surface area contributed by atoms with Crippen LogP contribution in [0.4, 0.5) is 0 Å². The molecule has 0 saturated carbocycles. The molecule has 0 aromatic rings. The second-order valence-electron chi connectivity index (χ2n) is 1.01. The monoisotopic (exact) mass is 116 g/mol. The van der Waals surface area contributed by atoms with Crippen LogP contribution in [0, 0.1) is 0 Å². The van der Waals surface area contributed by atoms with Gasteiger partial charge in [-0.15, -0.1) is 0 Å². The van der Waals surface area contributed by atoms with E-state index in [2.05, 4.69) is 0 Å². The molecule has 3 nitrogen and oxygen atoms in total. The maximum absolute atomic E-state index is 9.45. The van der Waals surface area contributed by atoms with E-state index in [1.807, 2.05) is 0 Å². The van der Waals surface area contributed by atoms with Crippen molar-refractivity contribution in [3.63, 3.8) is 0 Å². The van der Waals surface area contributed by atoms with Gasteiger partial charge in [0.25, 0.3) is 0 Å². The van der Waals surface area contributed by atoms with E-state index in [9.17, 15) is 4.79 Å². The summed E-state index contributed by atoms with van der Waals surface area (Å²) in [6.45, 7) is 1.20. The number of aliphatic hydroxyl groups excluding tert-OH is 1. The average Bonchev–Trinajstić information content (AvgIpc) is 1.36. The van der Waals surface area contributed by atoms with Crippen molar-refractivity contribution in [1.82, 2.24) is 0 Å². The zero-order chi connectivity index (χ0) is 5.15. The van der Waals surface area contributed by atoms with Gasteiger partial charge in [0.1, 0.15) is 6.10 Å². The van der Waals surface area contributed by atoms with Crippen molar-refractivity contribution in [3.8, 4) is 0 Å². The molecule has 0 fully saturated rings. The SMILES string of the molecule is [13CH3][13C@H](O)[13C](=O)O.[Na]. The molecule has 1 radical (unpaired) electrons. The van der Waals surface area contributed by atoms with Crippen LogP contribution in [0.1, 0.15) is 6.92 Å². The second kappa shape index (κ2) is 4.59. The summed E-state index contributed by atoms with van der Waals surface area (Å²) in [4.78, 5) is 9.45. The molecule has 0 unspecified atom stereocenters. The average molecular weight is 116 g/mol. The van der Waals surface area contributed by atoms with Crippen LogP contribution >= 0.6 is 0 Å². The van der Waals surface area contributed by atoms with Crippen LogP contribution in [-0.2, 0) is 4.79 Å². The number of aliphatic carboxylic acids is 1. The van der Waals surface area contributed by atoms with Crippen molar-refractivity contribution in [2.75, 3.05) is 0 Å². The number of rotatable bonds is 1. The molecule has 0 heterocycles. The first-order valence-electron chi connectivity index (χ1n) is 1.55. The maximum atomic E-state index is 9.45. The number of hydrogen-bond acceptors (Lipinski definition) is 2. The van der Waals surface area contributed by atoms with Crippen LogP contribution < -0.4 is 0 Å². The van der Waals surface area contributed by atoms with E-state index in [0.29, 0.717) is 0 Å². The van der Waals surface area contributed by atoms with Crippen LogP contribution in [0.3, 0.4) is 0 Å². The van der Waals surface area contributed by atoms with Crippen molar-refractivity contribution >= 4 is 35.5 Å². The summed E-state index contributed by atoms with van der Waals surface area (Å²) in [5, 5.41) is 15.8. The fourth-order valence-electron chi connectivity index (χ4n) is 0. The van der Waals surface area contributed by atoms with Gasteiger partial charge in [-0.2, -0.15) is 0 Å². The molecule has 0 saturated heterocycles. The molecule has 1 atom stereocenters. The normalized spacial score (nSPS) is 11.7. The molecule has 0 aliphatic carbocycles. The quantitative estimate of drug-likeness (QED) is 0.343. The fourth-order valence-corrected chi connectivity index (χ4v) is 0. The minimum absolute atomic E-state index is 0. The molecule has 4 heteroatoms. The minimum Gasteiger partial charge on any atom is -0.479 e. The number of aliphatic hydroxyl groups is 1. The molecule has 2 N–H and O–H groups in total. The number of carbonyl (C=O) groups is 1. The van der Waals surface area contributed by atoms with Crippen LogP contribution in [-0.4, -0.2) is 51.8 Å². The molecular weight excluding hydrogens is 110 g/mol. The summed E-state index contributed by atoms with van der Waals surface area (Å²) in [5.74, 6) is -1.19. The van der Waals surface area contributed by atoms with E-state index >= 15 is 0 Å². The molecule has 0 bridgehead atoms. The third-order valence-corrected chi connectivity index (χ3v) is 0.357. The Morgan fingerprint density at radius 1 is 1.71 bits per heavy atom. The summed E-state index contributed by atoms with van der Waals surface area (Å²) < 4.78 is 0. The molecule has 0 aromatic heterocycles. The Bertz CT molecular complexity index is 61.2. The molecule has 0 aliphatic rings. The Labute approximate surface area is 63.6 Å². The summed E-state index contributed by atoms with van der Waals surface area (Å²) in [6, 6.07) is 0.